The smallest absolute Gasteiger partial charge is 0.105 e. The maximum atomic E-state index is 6.25. The largest absolute Gasteiger partial charge is 0.389 e. The molecule has 0 unspecified atom stereocenters. The summed E-state index contributed by atoms with van der Waals surface area (Å²) in [4.78, 5) is 5.16. The minimum Gasteiger partial charge on any atom is -0.389 e. The highest BCUT2D eigenvalue weighted by molar-refractivity contribution is 7.80. The molecular weight excluding hydrogens is 290 g/mol. The second kappa shape index (κ2) is 6.74. The third kappa shape index (κ3) is 3.43. The van der Waals surface area contributed by atoms with E-state index in [4.69, 9.17) is 29.6 Å². The van der Waals surface area contributed by atoms with Gasteiger partial charge in [0.1, 0.15) is 4.99 Å². The van der Waals surface area contributed by atoms with E-state index in [2.05, 4.69) is 23.8 Å². The second-order valence-corrected chi connectivity index (χ2v) is 6.15. The summed E-state index contributed by atoms with van der Waals surface area (Å²) in [6, 6.07) is 6.50. The highest BCUT2D eigenvalue weighted by Gasteiger charge is 2.22. The van der Waals surface area contributed by atoms with Gasteiger partial charge in [0.05, 0.1) is 5.02 Å². The molecule has 110 valence electrons. The Morgan fingerprint density at radius 2 is 2.10 bits per heavy atom. The Kier molecular flexibility index (Phi) is 5.24. The van der Waals surface area contributed by atoms with Crippen LogP contribution in [-0.4, -0.2) is 42.6 Å². The number of halogens is 1. The molecule has 1 aromatic carbocycles. The first-order valence-corrected chi connectivity index (χ1v) is 7.86. The summed E-state index contributed by atoms with van der Waals surface area (Å²) in [5.41, 5.74) is 7.52. The number of hydrogen-bond acceptors (Lipinski definition) is 3. The Morgan fingerprint density at radius 1 is 1.45 bits per heavy atom. The van der Waals surface area contributed by atoms with Gasteiger partial charge in [-0.15, -0.1) is 0 Å². The monoisotopic (exact) mass is 311 g/mol. The summed E-state index contributed by atoms with van der Waals surface area (Å²) in [6.45, 7) is 5.71. The minimum atomic E-state index is 0.348. The standard InChI is InChI=1S/C15H22ClN3S/c1-3-19-8-6-11(7-9-19)18(2)12-4-5-13(15(17)20)14(16)10-12/h4-5,10-11H,3,6-9H2,1-2H3,(H2,17,20). The predicted octanol–water partition coefficient (Wildman–Crippen LogP) is 2.89. The Balaban J connectivity index is 2.08. The molecule has 2 N–H and O–H groups in total. The van der Waals surface area contributed by atoms with Crippen LogP contribution in [0.25, 0.3) is 0 Å². The van der Waals surface area contributed by atoms with Gasteiger partial charge in [-0.05, 0) is 37.6 Å². The molecule has 1 saturated heterocycles. The van der Waals surface area contributed by atoms with E-state index in [1.54, 1.807) is 0 Å². The maximum absolute atomic E-state index is 6.25. The molecule has 20 heavy (non-hydrogen) atoms. The topological polar surface area (TPSA) is 32.5 Å². The van der Waals surface area contributed by atoms with Crippen molar-refractivity contribution in [2.75, 3.05) is 31.6 Å². The fraction of sp³-hybridized carbons (Fsp3) is 0.533. The lowest BCUT2D eigenvalue weighted by molar-refractivity contribution is 0.221. The fourth-order valence-electron chi connectivity index (χ4n) is 2.76. The molecule has 0 spiro atoms. The van der Waals surface area contributed by atoms with E-state index < -0.39 is 0 Å². The molecular formula is C15H22ClN3S. The van der Waals surface area contributed by atoms with Gasteiger partial charge in [0.25, 0.3) is 0 Å². The number of benzene rings is 1. The lowest BCUT2D eigenvalue weighted by Crippen LogP contribution is -2.43. The van der Waals surface area contributed by atoms with Crippen molar-refractivity contribution in [3.63, 3.8) is 0 Å². The average molecular weight is 312 g/mol. The van der Waals surface area contributed by atoms with Crippen LogP contribution in [-0.2, 0) is 0 Å². The zero-order chi connectivity index (χ0) is 14.7. The third-order valence-electron chi connectivity index (χ3n) is 4.18. The molecule has 2 rings (SSSR count). The van der Waals surface area contributed by atoms with E-state index in [9.17, 15) is 0 Å². The Bertz CT molecular complexity index is 484. The number of likely N-dealkylation sites (tertiary alicyclic amines) is 1. The number of anilines is 1. The first-order valence-electron chi connectivity index (χ1n) is 7.07. The van der Waals surface area contributed by atoms with Crippen LogP contribution in [0, 0.1) is 0 Å². The van der Waals surface area contributed by atoms with Gasteiger partial charge in [0.2, 0.25) is 0 Å². The van der Waals surface area contributed by atoms with E-state index in [1.807, 2.05) is 18.2 Å². The van der Waals surface area contributed by atoms with Crippen molar-refractivity contribution in [1.29, 1.82) is 0 Å². The maximum Gasteiger partial charge on any atom is 0.105 e. The van der Waals surface area contributed by atoms with E-state index in [-0.39, 0.29) is 0 Å². The summed E-state index contributed by atoms with van der Waals surface area (Å²) in [5.74, 6) is 0. The molecule has 1 aliphatic rings. The summed E-state index contributed by atoms with van der Waals surface area (Å²) < 4.78 is 0. The Hall–Kier alpha value is -0.840. The van der Waals surface area contributed by atoms with E-state index >= 15 is 0 Å². The summed E-state index contributed by atoms with van der Waals surface area (Å²) in [5, 5.41) is 0.632. The van der Waals surface area contributed by atoms with Crippen LogP contribution in [0.1, 0.15) is 25.3 Å². The lowest BCUT2D eigenvalue weighted by Gasteiger charge is -2.37. The first-order chi connectivity index (χ1) is 9.52. The predicted molar refractivity (Wildman–Crippen MR) is 90.9 cm³/mol. The minimum absolute atomic E-state index is 0.348. The van der Waals surface area contributed by atoms with Crippen LogP contribution in [0.15, 0.2) is 18.2 Å². The van der Waals surface area contributed by atoms with Crippen molar-refractivity contribution in [2.24, 2.45) is 5.73 Å². The molecule has 5 heteroatoms. The van der Waals surface area contributed by atoms with Crippen LogP contribution in [0.5, 0.6) is 0 Å². The van der Waals surface area contributed by atoms with Crippen LogP contribution in [0.3, 0.4) is 0 Å². The van der Waals surface area contributed by atoms with Crippen molar-refractivity contribution in [1.82, 2.24) is 4.90 Å². The van der Waals surface area contributed by atoms with Gasteiger partial charge >= 0.3 is 0 Å². The Morgan fingerprint density at radius 3 is 2.60 bits per heavy atom. The number of piperidine rings is 1. The second-order valence-electron chi connectivity index (χ2n) is 5.30. The first kappa shape index (κ1) is 15.5. The number of rotatable bonds is 4. The van der Waals surface area contributed by atoms with Crippen LogP contribution in [0.2, 0.25) is 5.02 Å². The van der Waals surface area contributed by atoms with Gasteiger partial charge in [0.15, 0.2) is 0 Å². The van der Waals surface area contributed by atoms with Crippen molar-refractivity contribution in [3.05, 3.63) is 28.8 Å². The van der Waals surface area contributed by atoms with Crippen molar-refractivity contribution >= 4 is 34.5 Å². The number of nitrogens with two attached hydrogens (primary N) is 1. The quantitative estimate of drug-likeness (QED) is 0.867. The number of hydrogen-bond donors (Lipinski definition) is 1. The van der Waals surface area contributed by atoms with E-state index in [1.165, 1.54) is 25.9 Å². The third-order valence-corrected chi connectivity index (χ3v) is 4.71. The number of thiocarbonyl (C=S) groups is 1. The summed E-state index contributed by atoms with van der Waals surface area (Å²) >= 11 is 11.2. The van der Waals surface area contributed by atoms with Gasteiger partial charge in [0, 0.05) is 37.4 Å². The zero-order valence-corrected chi connectivity index (χ0v) is 13.7. The van der Waals surface area contributed by atoms with Crippen molar-refractivity contribution in [3.8, 4) is 0 Å². The molecule has 1 aromatic rings. The van der Waals surface area contributed by atoms with Gasteiger partial charge in [-0.3, -0.25) is 0 Å². The molecule has 0 radical (unpaired) electrons. The van der Waals surface area contributed by atoms with Gasteiger partial charge in [-0.25, -0.2) is 0 Å². The molecule has 3 nitrogen and oxygen atoms in total. The molecule has 1 fully saturated rings. The van der Waals surface area contributed by atoms with E-state index in [0.717, 1.165) is 17.8 Å². The lowest BCUT2D eigenvalue weighted by atomic mass is 10.0. The molecule has 0 amide bonds. The molecule has 1 aliphatic heterocycles. The van der Waals surface area contributed by atoms with Crippen molar-refractivity contribution < 1.29 is 0 Å². The SMILES string of the molecule is CCN1CCC(N(C)c2ccc(C(N)=S)c(Cl)c2)CC1. The molecule has 0 saturated carbocycles. The van der Waals surface area contributed by atoms with Crippen LogP contribution in [0.4, 0.5) is 5.69 Å². The van der Waals surface area contributed by atoms with Crippen LogP contribution >= 0.6 is 23.8 Å². The van der Waals surface area contributed by atoms with Gasteiger partial charge in [-0.2, -0.15) is 0 Å². The average Bonchev–Trinajstić information content (AvgIpc) is 2.46. The number of nitrogens with zero attached hydrogens (tertiary/aromatic N) is 2. The molecule has 0 aliphatic carbocycles. The fourth-order valence-corrected chi connectivity index (χ4v) is 3.27. The van der Waals surface area contributed by atoms with Crippen LogP contribution < -0.4 is 10.6 Å². The highest BCUT2D eigenvalue weighted by atomic mass is 35.5. The normalized spacial score (nSPS) is 17.1. The Labute approximate surface area is 131 Å². The summed E-state index contributed by atoms with van der Waals surface area (Å²) in [7, 11) is 2.14. The van der Waals surface area contributed by atoms with Gasteiger partial charge in [-0.1, -0.05) is 30.7 Å². The molecule has 1 heterocycles. The molecule has 0 bridgehead atoms. The zero-order valence-electron chi connectivity index (χ0n) is 12.1. The summed E-state index contributed by atoms with van der Waals surface area (Å²) in [6.07, 6.45) is 2.39. The van der Waals surface area contributed by atoms with Gasteiger partial charge < -0.3 is 15.5 Å². The molecule has 0 aromatic heterocycles. The molecule has 0 atom stereocenters. The highest BCUT2D eigenvalue weighted by Crippen LogP contribution is 2.27. The van der Waals surface area contributed by atoms with E-state index in [0.29, 0.717) is 16.1 Å². The van der Waals surface area contributed by atoms with Crippen molar-refractivity contribution in [2.45, 2.75) is 25.8 Å².